The number of aromatic nitrogens is 1. The number of benzene rings is 2. The standard InChI is InChI=1S/C24H28N2O/c1-4-5-14-21-23(20-12-7-6-8-13-20)22(24(25)27)18(3)26(21)16-19-11-9-10-17(2)15-19/h6-13,15H,4-5,14,16H2,1-3H3,(H2,25,27). The average molecular weight is 361 g/mol. The lowest BCUT2D eigenvalue weighted by molar-refractivity contribution is 0.1000. The maximum atomic E-state index is 12.4. The topological polar surface area (TPSA) is 48.0 Å². The van der Waals surface area contributed by atoms with Crippen LogP contribution >= 0.6 is 0 Å². The fourth-order valence-electron chi connectivity index (χ4n) is 3.83. The molecule has 0 saturated carbocycles. The minimum Gasteiger partial charge on any atom is -0.366 e. The van der Waals surface area contributed by atoms with Gasteiger partial charge in [-0.1, -0.05) is 73.5 Å². The molecule has 27 heavy (non-hydrogen) atoms. The van der Waals surface area contributed by atoms with Crippen LogP contribution in [0.4, 0.5) is 0 Å². The molecule has 1 aromatic heterocycles. The smallest absolute Gasteiger partial charge is 0.251 e. The molecule has 0 atom stereocenters. The van der Waals surface area contributed by atoms with Crippen molar-refractivity contribution in [3.8, 4) is 11.1 Å². The molecule has 0 bridgehead atoms. The summed E-state index contributed by atoms with van der Waals surface area (Å²) in [5.41, 5.74) is 13.2. The van der Waals surface area contributed by atoms with Crippen molar-refractivity contribution in [3.05, 3.63) is 82.7 Å². The van der Waals surface area contributed by atoms with Crippen LogP contribution in [0.5, 0.6) is 0 Å². The minimum atomic E-state index is -0.355. The lowest BCUT2D eigenvalue weighted by Crippen LogP contribution is -2.13. The van der Waals surface area contributed by atoms with E-state index in [1.54, 1.807) is 0 Å². The summed E-state index contributed by atoms with van der Waals surface area (Å²) in [5, 5.41) is 0. The van der Waals surface area contributed by atoms with Gasteiger partial charge in [0.25, 0.3) is 5.91 Å². The number of primary amides is 1. The Morgan fingerprint density at radius 2 is 1.78 bits per heavy atom. The highest BCUT2D eigenvalue weighted by molar-refractivity contribution is 6.02. The van der Waals surface area contributed by atoms with E-state index < -0.39 is 0 Å². The number of carbonyl (C=O) groups excluding carboxylic acids is 1. The molecule has 1 amide bonds. The molecule has 0 aliphatic rings. The monoisotopic (exact) mass is 360 g/mol. The van der Waals surface area contributed by atoms with E-state index in [-0.39, 0.29) is 5.91 Å². The summed E-state index contributed by atoms with van der Waals surface area (Å²) in [6, 6.07) is 18.7. The van der Waals surface area contributed by atoms with Crippen LogP contribution in [-0.2, 0) is 13.0 Å². The molecule has 1 heterocycles. The second-order valence-electron chi connectivity index (χ2n) is 7.19. The third-order valence-corrected chi connectivity index (χ3v) is 5.13. The first-order valence-electron chi connectivity index (χ1n) is 9.65. The Kier molecular flexibility index (Phi) is 5.80. The van der Waals surface area contributed by atoms with Crippen molar-refractivity contribution in [1.29, 1.82) is 0 Å². The van der Waals surface area contributed by atoms with E-state index in [1.165, 1.54) is 16.8 Å². The number of rotatable bonds is 7. The Bertz CT molecular complexity index is 939. The van der Waals surface area contributed by atoms with Gasteiger partial charge >= 0.3 is 0 Å². The maximum Gasteiger partial charge on any atom is 0.251 e. The first kappa shape index (κ1) is 19.0. The van der Waals surface area contributed by atoms with Crippen LogP contribution in [0.1, 0.15) is 52.6 Å². The van der Waals surface area contributed by atoms with Gasteiger partial charge in [0.15, 0.2) is 0 Å². The molecule has 3 aromatic rings. The summed E-state index contributed by atoms with van der Waals surface area (Å²) < 4.78 is 2.28. The van der Waals surface area contributed by atoms with E-state index in [2.05, 4.69) is 54.8 Å². The first-order chi connectivity index (χ1) is 13.0. The van der Waals surface area contributed by atoms with E-state index in [9.17, 15) is 4.79 Å². The third kappa shape index (κ3) is 3.97. The predicted molar refractivity (Wildman–Crippen MR) is 112 cm³/mol. The zero-order valence-electron chi connectivity index (χ0n) is 16.5. The highest BCUT2D eigenvalue weighted by Gasteiger charge is 2.24. The van der Waals surface area contributed by atoms with Crippen molar-refractivity contribution < 1.29 is 4.79 Å². The molecule has 3 rings (SSSR count). The van der Waals surface area contributed by atoms with Gasteiger partial charge in [0.05, 0.1) is 5.56 Å². The van der Waals surface area contributed by atoms with E-state index >= 15 is 0 Å². The van der Waals surface area contributed by atoms with Crippen LogP contribution < -0.4 is 5.73 Å². The van der Waals surface area contributed by atoms with Gasteiger partial charge in [0.1, 0.15) is 0 Å². The molecule has 3 nitrogen and oxygen atoms in total. The molecule has 0 aliphatic heterocycles. The molecular formula is C24H28N2O. The number of unbranched alkanes of at least 4 members (excludes halogenated alkanes) is 1. The summed E-state index contributed by atoms with van der Waals surface area (Å²) in [4.78, 5) is 12.4. The molecule has 2 N–H and O–H groups in total. The second kappa shape index (κ2) is 8.26. The fourth-order valence-corrected chi connectivity index (χ4v) is 3.83. The van der Waals surface area contributed by atoms with Gasteiger partial charge in [-0.2, -0.15) is 0 Å². The second-order valence-corrected chi connectivity index (χ2v) is 7.19. The average Bonchev–Trinajstić information content (AvgIpc) is 2.93. The Balaban J connectivity index is 2.21. The molecule has 140 valence electrons. The van der Waals surface area contributed by atoms with Crippen LogP contribution in [0.2, 0.25) is 0 Å². The normalized spacial score (nSPS) is 10.9. The molecule has 0 radical (unpaired) electrons. The van der Waals surface area contributed by atoms with Crippen molar-refractivity contribution in [2.24, 2.45) is 5.73 Å². The van der Waals surface area contributed by atoms with E-state index in [0.717, 1.165) is 42.6 Å². The van der Waals surface area contributed by atoms with Gasteiger partial charge in [0.2, 0.25) is 0 Å². The molecule has 0 unspecified atom stereocenters. The van der Waals surface area contributed by atoms with Gasteiger partial charge in [0, 0.05) is 23.5 Å². The number of nitrogens with two attached hydrogens (primary N) is 1. The van der Waals surface area contributed by atoms with Gasteiger partial charge in [-0.3, -0.25) is 4.79 Å². The van der Waals surface area contributed by atoms with Crippen molar-refractivity contribution >= 4 is 5.91 Å². The molecule has 0 spiro atoms. The summed E-state index contributed by atoms with van der Waals surface area (Å²) in [5.74, 6) is -0.355. The Hall–Kier alpha value is -2.81. The highest BCUT2D eigenvalue weighted by atomic mass is 16.1. The fraction of sp³-hybridized carbons (Fsp3) is 0.292. The van der Waals surface area contributed by atoms with Crippen molar-refractivity contribution in [2.75, 3.05) is 0 Å². The first-order valence-corrected chi connectivity index (χ1v) is 9.65. The minimum absolute atomic E-state index is 0.355. The molecule has 0 fully saturated rings. The molecule has 2 aromatic carbocycles. The Morgan fingerprint density at radius 1 is 1.04 bits per heavy atom. The van der Waals surface area contributed by atoms with Crippen LogP contribution in [0.3, 0.4) is 0 Å². The highest BCUT2D eigenvalue weighted by Crippen LogP contribution is 2.34. The summed E-state index contributed by atoms with van der Waals surface area (Å²) in [6.45, 7) is 7.06. The number of carbonyl (C=O) groups is 1. The number of amides is 1. The molecular weight excluding hydrogens is 332 g/mol. The summed E-state index contributed by atoms with van der Waals surface area (Å²) in [7, 11) is 0. The van der Waals surface area contributed by atoms with E-state index in [4.69, 9.17) is 5.73 Å². The van der Waals surface area contributed by atoms with Crippen molar-refractivity contribution in [1.82, 2.24) is 4.57 Å². The third-order valence-electron chi connectivity index (χ3n) is 5.13. The van der Waals surface area contributed by atoms with Gasteiger partial charge in [-0.05, 0) is 37.8 Å². The van der Waals surface area contributed by atoms with Crippen LogP contribution in [0.15, 0.2) is 54.6 Å². The van der Waals surface area contributed by atoms with Crippen molar-refractivity contribution in [3.63, 3.8) is 0 Å². The van der Waals surface area contributed by atoms with Crippen LogP contribution in [-0.4, -0.2) is 10.5 Å². The molecule has 0 aliphatic carbocycles. The SMILES string of the molecule is CCCCc1c(-c2ccccc2)c(C(N)=O)c(C)n1Cc1cccc(C)c1. The van der Waals surface area contributed by atoms with E-state index in [1.807, 2.05) is 25.1 Å². The zero-order chi connectivity index (χ0) is 19.4. The van der Waals surface area contributed by atoms with Gasteiger partial charge in [-0.15, -0.1) is 0 Å². The van der Waals surface area contributed by atoms with E-state index in [0.29, 0.717) is 5.56 Å². The predicted octanol–water partition coefficient (Wildman–Crippen LogP) is 5.26. The number of hydrogen-bond acceptors (Lipinski definition) is 1. The quantitative estimate of drug-likeness (QED) is 0.614. The van der Waals surface area contributed by atoms with Crippen LogP contribution in [0.25, 0.3) is 11.1 Å². The number of hydrogen-bond donors (Lipinski definition) is 1. The number of nitrogens with zero attached hydrogens (tertiary/aromatic N) is 1. The number of aryl methyl sites for hydroxylation is 1. The van der Waals surface area contributed by atoms with Gasteiger partial charge < -0.3 is 10.3 Å². The lowest BCUT2D eigenvalue weighted by atomic mass is 9.97. The van der Waals surface area contributed by atoms with Crippen LogP contribution in [0, 0.1) is 13.8 Å². The lowest BCUT2D eigenvalue weighted by Gasteiger charge is -2.14. The molecule has 3 heteroatoms. The summed E-state index contributed by atoms with van der Waals surface area (Å²) >= 11 is 0. The maximum absolute atomic E-state index is 12.4. The Morgan fingerprint density at radius 3 is 2.41 bits per heavy atom. The summed E-state index contributed by atoms with van der Waals surface area (Å²) in [6.07, 6.45) is 3.12. The molecule has 0 saturated heterocycles. The Labute approximate surface area is 161 Å². The largest absolute Gasteiger partial charge is 0.366 e. The zero-order valence-corrected chi connectivity index (χ0v) is 16.5. The van der Waals surface area contributed by atoms with Crippen molar-refractivity contribution in [2.45, 2.75) is 46.6 Å². The van der Waals surface area contributed by atoms with Gasteiger partial charge in [-0.25, -0.2) is 0 Å².